The summed E-state index contributed by atoms with van der Waals surface area (Å²) in [5.74, 6) is 0.315. The van der Waals surface area contributed by atoms with Crippen LogP contribution in [0.1, 0.15) is 59.8 Å². The Kier molecular flexibility index (Phi) is 4.97. The average molecular weight is 225 g/mol. The second-order valence-corrected chi connectivity index (χ2v) is 5.50. The normalized spacial score (nSPS) is 23.0. The van der Waals surface area contributed by atoms with Gasteiger partial charge in [0.1, 0.15) is 5.78 Å². The van der Waals surface area contributed by atoms with E-state index in [4.69, 9.17) is 0 Å². The van der Waals surface area contributed by atoms with Gasteiger partial charge in [0.25, 0.3) is 0 Å². The molecular weight excluding hydrogens is 198 g/mol. The Morgan fingerprint density at radius 3 is 2.12 bits per heavy atom. The molecule has 94 valence electrons. The molecule has 1 aliphatic heterocycles. The summed E-state index contributed by atoms with van der Waals surface area (Å²) < 4.78 is 0. The molecule has 0 spiro atoms. The zero-order chi connectivity index (χ0) is 12.2. The highest BCUT2D eigenvalue weighted by atomic mass is 16.1. The van der Waals surface area contributed by atoms with E-state index in [1.54, 1.807) is 6.92 Å². The molecule has 2 heteroatoms. The number of Topliss-reactive ketones (excluding diaryl/α,β-unsaturated/α-hetero) is 1. The lowest BCUT2D eigenvalue weighted by molar-refractivity contribution is -0.118. The first-order chi connectivity index (χ1) is 7.53. The number of piperidine rings is 1. The summed E-state index contributed by atoms with van der Waals surface area (Å²) in [4.78, 5) is 13.6. The highest BCUT2D eigenvalue weighted by Crippen LogP contribution is 2.38. The van der Waals surface area contributed by atoms with E-state index in [1.165, 1.54) is 38.8 Å². The minimum absolute atomic E-state index is 0.315. The lowest BCUT2D eigenvalue weighted by atomic mass is 9.74. The van der Waals surface area contributed by atoms with Gasteiger partial charge in [0.2, 0.25) is 0 Å². The lowest BCUT2D eigenvalue weighted by Crippen LogP contribution is -2.44. The largest absolute Gasteiger partial charge is 0.300 e. The standard InChI is InChI=1S/C14H27NO/c1-5-14(6-2)7-9-15(10-8-14)12(3)11-13(4)16/h12H,5-11H2,1-4H3. The van der Waals surface area contributed by atoms with E-state index in [0.29, 0.717) is 23.7 Å². The zero-order valence-corrected chi connectivity index (χ0v) is 11.4. The van der Waals surface area contributed by atoms with Crippen molar-refractivity contribution in [2.24, 2.45) is 5.41 Å². The third-order valence-corrected chi connectivity index (χ3v) is 4.56. The summed E-state index contributed by atoms with van der Waals surface area (Å²) in [6.07, 6.45) is 5.94. The highest BCUT2D eigenvalue weighted by Gasteiger charge is 2.32. The molecule has 0 radical (unpaired) electrons. The van der Waals surface area contributed by atoms with Gasteiger partial charge < -0.3 is 4.90 Å². The fourth-order valence-electron chi connectivity index (χ4n) is 2.94. The molecule has 1 unspecified atom stereocenters. The number of likely N-dealkylation sites (tertiary alicyclic amines) is 1. The molecule has 0 saturated carbocycles. The Balaban J connectivity index is 2.45. The summed E-state index contributed by atoms with van der Waals surface area (Å²) in [6, 6.07) is 0.434. The van der Waals surface area contributed by atoms with E-state index in [1.807, 2.05) is 0 Å². The van der Waals surface area contributed by atoms with Crippen LogP contribution in [0, 0.1) is 5.41 Å². The summed E-state index contributed by atoms with van der Waals surface area (Å²) in [5.41, 5.74) is 0.590. The number of ketones is 1. The van der Waals surface area contributed by atoms with Crippen LogP contribution in [-0.4, -0.2) is 29.8 Å². The van der Waals surface area contributed by atoms with Gasteiger partial charge in [-0.1, -0.05) is 26.7 Å². The first kappa shape index (κ1) is 13.7. The minimum atomic E-state index is 0.315. The molecular formula is C14H27NO. The second-order valence-electron chi connectivity index (χ2n) is 5.50. The smallest absolute Gasteiger partial charge is 0.131 e. The fourth-order valence-corrected chi connectivity index (χ4v) is 2.94. The Labute approximate surface area is 100 Å². The van der Waals surface area contributed by atoms with Crippen molar-refractivity contribution in [2.45, 2.75) is 65.8 Å². The monoisotopic (exact) mass is 225 g/mol. The van der Waals surface area contributed by atoms with Crippen LogP contribution in [-0.2, 0) is 4.79 Å². The number of hydrogen-bond acceptors (Lipinski definition) is 2. The van der Waals surface area contributed by atoms with Crippen molar-refractivity contribution < 1.29 is 4.79 Å². The van der Waals surface area contributed by atoms with Gasteiger partial charge in [-0.2, -0.15) is 0 Å². The van der Waals surface area contributed by atoms with Gasteiger partial charge in [-0.3, -0.25) is 4.79 Å². The number of hydrogen-bond donors (Lipinski definition) is 0. The van der Waals surface area contributed by atoms with Crippen LogP contribution < -0.4 is 0 Å². The molecule has 0 amide bonds. The van der Waals surface area contributed by atoms with Crippen LogP contribution in [0.15, 0.2) is 0 Å². The molecule has 1 heterocycles. The van der Waals surface area contributed by atoms with Crippen LogP contribution in [0.5, 0.6) is 0 Å². The maximum atomic E-state index is 11.1. The Morgan fingerprint density at radius 2 is 1.75 bits per heavy atom. The topological polar surface area (TPSA) is 20.3 Å². The van der Waals surface area contributed by atoms with Crippen molar-refractivity contribution in [1.82, 2.24) is 4.90 Å². The maximum absolute atomic E-state index is 11.1. The second kappa shape index (κ2) is 5.81. The molecule has 1 fully saturated rings. The van der Waals surface area contributed by atoms with Crippen LogP contribution in [0.4, 0.5) is 0 Å². The van der Waals surface area contributed by atoms with Crippen molar-refractivity contribution in [3.8, 4) is 0 Å². The summed E-state index contributed by atoms with van der Waals surface area (Å²) in [5, 5.41) is 0. The summed E-state index contributed by atoms with van der Waals surface area (Å²) >= 11 is 0. The van der Waals surface area contributed by atoms with E-state index in [0.717, 1.165) is 0 Å². The molecule has 0 bridgehead atoms. The predicted molar refractivity (Wildman–Crippen MR) is 68.6 cm³/mol. The molecule has 1 aliphatic rings. The molecule has 1 atom stereocenters. The highest BCUT2D eigenvalue weighted by molar-refractivity contribution is 5.76. The third kappa shape index (κ3) is 3.31. The molecule has 1 rings (SSSR count). The Bertz CT molecular complexity index is 223. The SMILES string of the molecule is CCC1(CC)CCN(C(C)CC(C)=O)CC1. The lowest BCUT2D eigenvalue weighted by Gasteiger charge is -2.43. The average Bonchev–Trinajstić information content (AvgIpc) is 2.28. The third-order valence-electron chi connectivity index (χ3n) is 4.56. The summed E-state index contributed by atoms with van der Waals surface area (Å²) in [6.45, 7) is 10.9. The fraction of sp³-hybridized carbons (Fsp3) is 0.929. The molecule has 1 saturated heterocycles. The zero-order valence-electron chi connectivity index (χ0n) is 11.4. The van der Waals surface area contributed by atoms with Crippen molar-refractivity contribution >= 4 is 5.78 Å². The van der Waals surface area contributed by atoms with Gasteiger partial charge in [0.15, 0.2) is 0 Å². The van der Waals surface area contributed by atoms with E-state index < -0.39 is 0 Å². The molecule has 2 nitrogen and oxygen atoms in total. The van der Waals surface area contributed by atoms with Gasteiger partial charge >= 0.3 is 0 Å². The summed E-state index contributed by atoms with van der Waals surface area (Å²) in [7, 11) is 0. The van der Waals surface area contributed by atoms with Crippen molar-refractivity contribution in [1.29, 1.82) is 0 Å². The van der Waals surface area contributed by atoms with E-state index in [9.17, 15) is 4.79 Å². The van der Waals surface area contributed by atoms with Crippen molar-refractivity contribution in [2.75, 3.05) is 13.1 Å². The minimum Gasteiger partial charge on any atom is -0.300 e. The first-order valence-corrected chi connectivity index (χ1v) is 6.76. The van der Waals surface area contributed by atoms with Crippen LogP contribution in [0.3, 0.4) is 0 Å². The Hall–Kier alpha value is -0.370. The molecule has 0 aliphatic carbocycles. The van der Waals surface area contributed by atoms with Crippen molar-refractivity contribution in [3.05, 3.63) is 0 Å². The molecule has 0 aromatic heterocycles. The number of carbonyl (C=O) groups excluding carboxylic acids is 1. The first-order valence-electron chi connectivity index (χ1n) is 6.76. The van der Waals surface area contributed by atoms with Crippen LogP contribution in [0.2, 0.25) is 0 Å². The van der Waals surface area contributed by atoms with Gasteiger partial charge in [0.05, 0.1) is 0 Å². The Morgan fingerprint density at radius 1 is 1.25 bits per heavy atom. The van der Waals surface area contributed by atoms with Gasteiger partial charge in [-0.15, -0.1) is 0 Å². The molecule has 0 aromatic rings. The van der Waals surface area contributed by atoms with Crippen LogP contribution in [0.25, 0.3) is 0 Å². The molecule has 16 heavy (non-hydrogen) atoms. The van der Waals surface area contributed by atoms with E-state index in [2.05, 4.69) is 25.7 Å². The van der Waals surface area contributed by atoms with Crippen molar-refractivity contribution in [3.63, 3.8) is 0 Å². The molecule has 0 N–H and O–H groups in total. The van der Waals surface area contributed by atoms with E-state index in [-0.39, 0.29) is 0 Å². The van der Waals surface area contributed by atoms with Crippen LogP contribution >= 0.6 is 0 Å². The number of nitrogens with zero attached hydrogens (tertiary/aromatic N) is 1. The van der Waals surface area contributed by atoms with Gasteiger partial charge in [-0.25, -0.2) is 0 Å². The maximum Gasteiger partial charge on any atom is 0.131 e. The van der Waals surface area contributed by atoms with Gasteiger partial charge in [0, 0.05) is 12.5 Å². The number of carbonyl (C=O) groups is 1. The molecule has 0 aromatic carbocycles. The van der Waals surface area contributed by atoms with Gasteiger partial charge in [-0.05, 0) is 45.2 Å². The quantitative estimate of drug-likeness (QED) is 0.716. The van der Waals surface area contributed by atoms with E-state index >= 15 is 0 Å². The predicted octanol–water partition coefficient (Wildman–Crippen LogP) is 3.26. The number of rotatable bonds is 5.